The van der Waals surface area contributed by atoms with Crippen molar-refractivity contribution in [2.75, 3.05) is 33.9 Å². The van der Waals surface area contributed by atoms with Gasteiger partial charge in [-0.25, -0.2) is 4.39 Å². The van der Waals surface area contributed by atoms with Gasteiger partial charge in [-0.15, -0.1) is 0 Å². The molecule has 7 nitrogen and oxygen atoms in total. The number of nitrogens with two attached hydrogens (primary N) is 1. The molecule has 0 aliphatic rings. The second-order valence-corrected chi connectivity index (χ2v) is 6.35. The number of aliphatic imine (C=N–C) groups is 1. The maximum absolute atomic E-state index is 13.5. The van der Waals surface area contributed by atoms with Gasteiger partial charge in [0.2, 0.25) is 0 Å². The maximum Gasteiger partial charge on any atom is 0.251 e. The minimum absolute atomic E-state index is 0.282. The number of aryl methyl sites for hydroxylation is 1. The Morgan fingerprint density at radius 3 is 2.48 bits per heavy atom. The zero-order valence-electron chi connectivity index (χ0n) is 16.9. The quantitative estimate of drug-likeness (QED) is 0.339. The Kier molecular flexibility index (Phi) is 8.27. The van der Waals surface area contributed by atoms with Crippen LogP contribution < -0.4 is 25.8 Å². The molecule has 8 heteroatoms. The molecular formula is C21H27FN4O3. The van der Waals surface area contributed by atoms with Crippen LogP contribution in [0.5, 0.6) is 11.5 Å². The summed E-state index contributed by atoms with van der Waals surface area (Å²) in [6.45, 7) is 2.89. The van der Waals surface area contributed by atoms with Crippen molar-refractivity contribution < 1.29 is 18.7 Å². The first-order valence-corrected chi connectivity index (χ1v) is 9.23. The number of guanidine groups is 1. The van der Waals surface area contributed by atoms with E-state index in [-0.39, 0.29) is 11.5 Å². The summed E-state index contributed by atoms with van der Waals surface area (Å²) in [6, 6.07) is 10.1. The van der Waals surface area contributed by atoms with E-state index in [9.17, 15) is 9.18 Å². The molecule has 0 aliphatic carbocycles. The molecule has 0 spiro atoms. The first-order valence-electron chi connectivity index (χ1n) is 9.23. The molecule has 0 saturated heterocycles. The predicted molar refractivity (Wildman–Crippen MR) is 111 cm³/mol. The van der Waals surface area contributed by atoms with E-state index in [1.165, 1.54) is 6.07 Å². The molecule has 2 aromatic carbocycles. The van der Waals surface area contributed by atoms with E-state index >= 15 is 0 Å². The second-order valence-electron chi connectivity index (χ2n) is 6.35. The molecule has 4 N–H and O–H groups in total. The highest BCUT2D eigenvalue weighted by atomic mass is 19.1. The number of nitrogens with zero attached hydrogens (tertiary/aromatic N) is 1. The van der Waals surface area contributed by atoms with Crippen LogP contribution in [0, 0.1) is 12.7 Å². The van der Waals surface area contributed by atoms with Crippen molar-refractivity contribution in [3.05, 3.63) is 58.9 Å². The van der Waals surface area contributed by atoms with Crippen LogP contribution >= 0.6 is 0 Å². The SMILES string of the molecule is COc1ccc(CCN=C(N)NCCNC(=O)c2ccc(C)c(F)c2)cc1OC. The predicted octanol–water partition coefficient (Wildman–Crippen LogP) is 2.03. The Hall–Kier alpha value is -3.29. The summed E-state index contributed by atoms with van der Waals surface area (Å²) in [5.74, 6) is 0.901. The molecule has 0 atom stereocenters. The van der Waals surface area contributed by atoms with Crippen molar-refractivity contribution in [2.24, 2.45) is 10.7 Å². The Labute approximate surface area is 170 Å². The molecule has 0 radical (unpaired) electrons. The number of carbonyl (C=O) groups is 1. The average molecular weight is 402 g/mol. The highest BCUT2D eigenvalue weighted by Crippen LogP contribution is 2.27. The highest BCUT2D eigenvalue weighted by molar-refractivity contribution is 5.94. The number of hydrogen-bond donors (Lipinski definition) is 3. The third-order valence-electron chi connectivity index (χ3n) is 4.28. The molecular weight excluding hydrogens is 375 g/mol. The van der Waals surface area contributed by atoms with Gasteiger partial charge in [-0.05, 0) is 48.7 Å². The van der Waals surface area contributed by atoms with Gasteiger partial charge in [0.1, 0.15) is 5.82 Å². The van der Waals surface area contributed by atoms with Crippen LogP contribution in [0.4, 0.5) is 4.39 Å². The number of ether oxygens (including phenoxy) is 2. The molecule has 0 saturated carbocycles. The lowest BCUT2D eigenvalue weighted by atomic mass is 10.1. The number of nitrogens with one attached hydrogen (secondary N) is 2. The van der Waals surface area contributed by atoms with E-state index in [2.05, 4.69) is 15.6 Å². The van der Waals surface area contributed by atoms with Gasteiger partial charge in [0.05, 0.1) is 14.2 Å². The van der Waals surface area contributed by atoms with Crippen LogP contribution in [-0.4, -0.2) is 45.7 Å². The summed E-state index contributed by atoms with van der Waals surface area (Å²) >= 11 is 0. The lowest BCUT2D eigenvalue weighted by Crippen LogP contribution is -2.38. The van der Waals surface area contributed by atoms with Gasteiger partial charge in [-0.1, -0.05) is 12.1 Å². The maximum atomic E-state index is 13.5. The topological polar surface area (TPSA) is 98.0 Å². The molecule has 29 heavy (non-hydrogen) atoms. The van der Waals surface area contributed by atoms with Gasteiger partial charge in [0, 0.05) is 25.2 Å². The first-order chi connectivity index (χ1) is 13.9. The van der Waals surface area contributed by atoms with Crippen LogP contribution in [0.25, 0.3) is 0 Å². The molecule has 2 rings (SSSR count). The van der Waals surface area contributed by atoms with E-state index in [0.29, 0.717) is 49.1 Å². The molecule has 156 valence electrons. The van der Waals surface area contributed by atoms with Gasteiger partial charge >= 0.3 is 0 Å². The highest BCUT2D eigenvalue weighted by Gasteiger charge is 2.07. The minimum Gasteiger partial charge on any atom is -0.493 e. The number of halogens is 1. The largest absolute Gasteiger partial charge is 0.493 e. The smallest absolute Gasteiger partial charge is 0.251 e. The minimum atomic E-state index is -0.401. The lowest BCUT2D eigenvalue weighted by molar-refractivity contribution is 0.0954. The summed E-state index contributed by atoms with van der Waals surface area (Å²) in [6.07, 6.45) is 0.693. The van der Waals surface area contributed by atoms with Crippen molar-refractivity contribution in [1.82, 2.24) is 10.6 Å². The lowest BCUT2D eigenvalue weighted by Gasteiger charge is -2.09. The Morgan fingerprint density at radius 2 is 1.79 bits per heavy atom. The van der Waals surface area contributed by atoms with Crippen LogP contribution in [0.1, 0.15) is 21.5 Å². The van der Waals surface area contributed by atoms with Gasteiger partial charge in [-0.2, -0.15) is 0 Å². The normalized spacial score (nSPS) is 11.1. The second kappa shape index (κ2) is 10.9. The molecule has 0 aliphatic heterocycles. The third kappa shape index (κ3) is 6.67. The number of hydrogen-bond acceptors (Lipinski definition) is 4. The van der Waals surface area contributed by atoms with E-state index in [0.717, 1.165) is 5.56 Å². The fourth-order valence-corrected chi connectivity index (χ4v) is 2.60. The number of amides is 1. The number of rotatable bonds is 9. The van der Waals surface area contributed by atoms with Crippen LogP contribution in [0.2, 0.25) is 0 Å². The summed E-state index contributed by atoms with van der Waals surface area (Å²) < 4.78 is 24.0. The van der Waals surface area contributed by atoms with Crippen molar-refractivity contribution in [2.45, 2.75) is 13.3 Å². The molecule has 1 amide bonds. The summed E-state index contributed by atoms with van der Waals surface area (Å²) in [7, 11) is 3.19. The summed E-state index contributed by atoms with van der Waals surface area (Å²) in [5.41, 5.74) is 7.67. The fourth-order valence-electron chi connectivity index (χ4n) is 2.60. The first kappa shape index (κ1) is 22.0. The Bertz CT molecular complexity index is 871. The van der Waals surface area contributed by atoms with E-state index in [1.54, 1.807) is 33.3 Å². The number of carbonyl (C=O) groups excluding carboxylic acids is 1. The van der Waals surface area contributed by atoms with Crippen LogP contribution in [-0.2, 0) is 6.42 Å². The summed E-state index contributed by atoms with van der Waals surface area (Å²) in [4.78, 5) is 16.3. The van der Waals surface area contributed by atoms with Crippen molar-refractivity contribution in [3.63, 3.8) is 0 Å². The molecule has 0 bridgehead atoms. The van der Waals surface area contributed by atoms with E-state index in [1.807, 2.05) is 18.2 Å². The zero-order valence-corrected chi connectivity index (χ0v) is 16.9. The summed E-state index contributed by atoms with van der Waals surface area (Å²) in [5, 5.41) is 5.63. The number of benzene rings is 2. The molecule has 0 fully saturated rings. The van der Waals surface area contributed by atoms with Crippen molar-refractivity contribution in [3.8, 4) is 11.5 Å². The Morgan fingerprint density at radius 1 is 1.07 bits per heavy atom. The third-order valence-corrected chi connectivity index (χ3v) is 4.28. The molecule has 2 aromatic rings. The van der Waals surface area contributed by atoms with Gasteiger partial charge in [0.15, 0.2) is 17.5 Å². The average Bonchev–Trinajstić information content (AvgIpc) is 2.72. The van der Waals surface area contributed by atoms with Gasteiger partial charge < -0.3 is 25.8 Å². The van der Waals surface area contributed by atoms with Gasteiger partial charge in [0.25, 0.3) is 5.91 Å². The fraction of sp³-hybridized carbons (Fsp3) is 0.333. The van der Waals surface area contributed by atoms with E-state index < -0.39 is 5.82 Å². The van der Waals surface area contributed by atoms with E-state index in [4.69, 9.17) is 15.2 Å². The Balaban J connectivity index is 1.72. The van der Waals surface area contributed by atoms with Crippen molar-refractivity contribution >= 4 is 11.9 Å². The molecule has 0 heterocycles. The van der Waals surface area contributed by atoms with Gasteiger partial charge in [-0.3, -0.25) is 9.79 Å². The molecule has 0 unspecified atom stereocenters. The monoisotopic (exact) mass is 402 g/mol. The van der Waals surface area contributed by atoms with Crippen molar-refractivity contribution in [1.29, 1.82) is 0 Å². The van der Waals surface area contributed by atoms with Crippen LogP contribution in [0.15, 0.2) is 41.4 Å². The standard InChI is InChI=1S/C21H27FN4O3/c1-14-4-6-16(13-17(14)22)20(27)24-10-11-26-21(23)25-9-8-15-5-7-18(28-2)19(12-15)29-3/h4-7,12-13H,8-11H2,1-3H3,(H,24,27)(H3,23,25,26). The van der Waals surface area contributed by atoms with Crippen LogP contribution in [0.3, 0.4) is 0 Å². The number of methoxy groups -OCH3 is 2. The zero-order chi connectivity index (χ0) is 21.2. The molecule has 0 aromatic heterocycles.